The predicted molar refractivity (Wildman–Crippen MR) is 87.9 cm³/mol. The molecular formula is C16H17BrF2N2O2. The molecule has 4 nitrogen and oxygen atoms in total. The molecule has 0 aliphatic rings. The number of carbonyl (C=O) groups is 1. The number of alkyl halides is 3. The Balaban J connectivity index is 3.17. The lowest BCUT2D eigenvalue weighted by atomic mass is 10.1. The van der Waals surface area contributed by atoms with Crippen LogP contribution in [0.3, 0.4) is 0 Å². The quantitative estimate of drug-likeness (QED) is 0.257. The maximum atomic E-state index is 12.2. The summed E-state index contributed by atoms with van der Waals surface area (Å²) in [4.78, 5) is 15.2. The fourth-order valence-corrected chi connectivity index (χ4v) is 2.11. The lowest BCUT2D eigenvalue weighted by Gasteiger charge is -1.97. The monoisotopic (exact) mass is 386 g/mol. The van der Waals surface area contributed by atoms with Crippen LogP contribution in [-0.4, -0.2) is 35.2 Å². The van der Waals surface area contributed by atoms with Gasteiger partial charge in [-0.2, -0.15) is 5.26 Å². The van der Waals surface area contributed by atoms with Gasteiger partial charge in [0.15, 0.2) is 0 Å². The highest BCUT2D eigenvalue weighted by atomic mass is 79.9. The van der Waals surface area contributed by atoms with Gasteiger partial charge in [0.25, 0.3) is 6.43 Å². The lowest BCUT2D eigenvalue weighted by Crippen LogP contribution is -2.24. The second-order valence-corrected chi connectivity index (χ2v) is 6.12. The van der Waals surface area contributed by atoms with Crippen molar-refractivity contribution in [3.63, 3.8) is 0 Å². The number of carbonyl (C=O) groups excluding carboxylic acids is 1. The van der Waals surface area contributed by atoms with Gasteiger partial charge in [-0.05, 0) is 37.3 Å². The second-order valence-electron chi connectivity index (χ2n) is 4.67. The Morgan fingerprint density at radius 1 is 1.57 bits per heavy atom. The highest BCUT2D eigenvalue weighted by molar-refractivity contribution is 9.09. The number of halogens is 3. The number of H-pyrrole nitrogens is 1. The molecule has 124 valence electrons. The highest BCUT2D eigenvalue weighted by Gasteiger charge is 2.13. The van der Waals surface area contributed by atoms with Crippen molar-refractivity contribution >= 4 is 33.9 Å². The highest BCUT2D eigenvalue weighted by Crippen LogP contribution is 2.03. The molecule has 0 saturated carbocycles. The van der Waals surface area contributed by atoms with Crippen LogP contribution in [-0.2, 0) is 4.74 Å². The summed E-state index contributed by atoms with van der Waals surface area (Å²) in [7, 11) is 0. The number of Topliss-reactive ketones (excluding diaryl/α,β-unsaturated/α-hetero) is 1. The van der Waals surface area contributed by atoms with Crippen LogP contribution in [0.2, 0.25) is 0 Å². The molecule has 1 N–H and O–H groups in total. The molecule has 0 spiro atoms. The van der Waals surface area contributed by atoms with Crippen LogP contribution < -0.4 is 10.6 Å². The number of allylic oxidation sites excluding steroid dienone is 2. The Kier molecular flexibility index (Phi) is 7.86. The van der Waals surface area contributed by atoms with Crippen molar-refractivity contribution in [1.82, 2.24) is 4.98 Å². The van der Waals surface area contributed by atoms with Crippen LogP contribution >= 0.6 is 15.9 Å². The SMILES string of the molecule is C/C=C(\C#N)C(=O)c1cc(=C/COCC(F)F)/c(=C\C(C)Br)[nH]1. The van der Waals surface area contributed by atoms with Gasteiger partial charge in [-0.3, -0.25) is 4.79 Å². The van der Waals surface area contributed by atoms with Gasteiger partial charge in [-0.1, -0.05) is 22.0 Å². The van der Waals surface area contributed by atoms with E-state index in [1.165, 1.54) is 6.08 Å². The Morgan fingerprint density at radius 2 is 2.26 bits per heavy atom. The van der Waals surface area contributed by atoms with Gasteiger partial charge in [0, 0.05) is 10.2 Å². The lowest BCUT2D eigenvalue weighted by molar-refractivity contribution is 0.0315. The largest absolute Gasteiger partial charge is 0.371 e. The first-order valence-electron chi connectivity index (χ1n) is 6.91. The molecule has 0 radical (unpaired) electrons. The van der Waals surface area contributed by atoms with Crippen molar-refractivity contribution in [1.29, 1.82) is 5.26 Å². The number of nitrogens with zero attached hydrogens (tertiary/aromatic N) is 1. The molecule has 1 atom stereocenters. The van der Waals surface area contributed by atoms with Gasteiger partial charge in [0.2, 0.25) is 5.78 Å². The molecule has 23 heavy (non-hydrogen) atoms. The van der Waals surface area contributed by atoms with Crippen molar-refractivity contribution in [2.75, 3.05) is 13.2 Å². The molecule has 0 amide bonds. The van der Waals surface area contributed by atoms with Crippen LogP contribution in [0.5, 0.6) is 0 Å². The first-order chi connectivity index (χ1) is 10.9. The molecule has 1 heterocycles. The number of hydrogen-bond acceptors (Lipinski definition) is 3. The van der Waals surface area contributed by atoms with Crippen molar-refractivity contribution in [3.8, 4) is 6.07 Å². The Morgan fingerprint density at radius 3 is 2.78 bits per heavy atom. The summed E-state index contributed by atoms with van der Waals surface area (Å²) in [6.07, 6.45) is 2.36. The number of nitriles is 1. The molecule has 7 heteroatoms. The zero-order valence-electron chi connectivity index (χ0n) is 12.8. The van der Waals surface area contributed by atoms with E-state index >= 15 is 0 Å². The van der Waals surface area contributed by atoms with Crippen LogP contribution in [0.25, 0.3) is 12.2 Å². The third-order valence-corrected chi connectivity index (χ3v) is 3.10. The molecule has 0 aliphatic carbocycles. The van der Waals surface area contributed by atoms with E-state index in [2.05, 4.69) is 20.9 Å². The van der Waals surface area contributed by atoms with E-state index in [1.54, 1.807) is 19.1 Å². The standard InChI is InChI=1S/C16H17BrF2N2O2/c1-3-11(8-20)16(22)14-7-12(4-5-23-9-15(18)19)13(21-14)6-10(2)17/h3-4,6-7,10,15,21H,5,9H2,1-2H3/b11-3+,12-4-,13-6+. The third-order valence-electron chi connectivity index (χ3n) is 2.84. The zero-order valence-corrected chi connectivity index (χ0v) is 14.4. The fraction of sp³-hybridized carbons (Fsp3) is 0.375. The minimum atomic E-state index is -2.52. The zero-order chi connectivity index (χ0) is 17.4. The maximum Gasteiger partial charge on any atom is 0.261 e. The van der Waals surface area contributed by atoms with Crippen LogP contribution in [0.4, 0.5) is 8.78 Å². The van der Waals surface area contributed by atoms with E-state index < -0.39 is 18.8 Å². The number of nitrogens with one attached hydrogen (secondary N) is 1. The average molecular weight is 387 g/mol. The van der Waals surface area contributed by atoms with Crippen molar-refractivity contribution in [2.24, 2.45) is 0 Å². The molecule has 1 unspecified atom stereocenters. The first kappa shape index (κ1) is 19.3. The van der Waals surface area contributed by atoms with Crippen LogP contribution in [0.15, 0.2) is 17.7 Å². The number of hydrogen-bond donors (Lipinski definition) is 1. The summed E-state index contributed by atoms with van der Waals surface area (Å²) in [6.45, 7) is 2.87. The van der Waals surface area contributed by atoms with Crippen molar-refractivity contribution < 1.29 is 18.3 Å². The molecule has 0 saturated heterocycles. The summed E-state index contributed by atoms with van der Waals surface area (Å²) in [6, 6.07) is 3.42. The van der Waals surface area contributed by atoms with Crippen LogP contribution in [0, 0.1) is 11.3 Å². The van der Waals surface area contributed by atoms with Gasteiger partial charge in [-0.15, -0.1) is 0 Å². The topological polar surface area (TPSA) is 65.9 Å². The molecule has 0 aliphatic heterocycles. The molecule has 1 aromatic heterocycles. The van der Waals surface area contributed by atoms with Gasteiger partial charge >= 0.3 is 0 Å². The van der Waals surface area contributed by atoms with E-state index in [-0.39, 0.29) is 22.7 Å². The maximum absolute atomic E-state index is 12.2. The summed E-state index contributed by atoms with van der Waals surface area (Å²) >= 11 is 3.38. The van der Waals surface area contributed by atoms with Crippen molar-refractivity contribution in [2.45, 2.75) is 25.1 Å². The van der Waals surface area contributed by atoms with Gasteiger partial charge in [-0.25, -0.2) is 8.78 Å². The van der Waals surface area contributed by atoms with Gasteiger partial charge in [0.1, 0.15) is 12.7 Å². The second kappa shape index (κ2) is 9.38. The van der Waals surface area contributed by atoms with Gasteiger partial charge in [0.05, 0.1) is 17.9 Å². The normalized spacial score (nSPS) is 15.1. The third kappa shape index (κ3) is 6.08. The Hall–Kier alpha value is -1.78. The van der Waals surface area contributed by atoms with E-state index in [4.69, 9.17) is 10.00 Å². The van der Waals surface area contributed by atoms with Crippen LogP contribution in [0.1, 0.15) is 24.3 Å². The fourth-order valence-electron chi connectivity index (χ4n) is 1.84. The summed E-state index contributed by atoms with van der Waals surface area (Å²) in [5.41, 5.74) is 0.296. The summed E-state index contributed by atoms with van der Waals surface area (Å²) in [5, 5.41) is 10.3. The smallest absolute Gasteiger partial charge is 0.261 e. The van der Waals surface area contributed by atoms with Gasteiger partial charge < -0.3 is 9.72 Å². The summed E-state index contributed by atoms with van der Waals surface area (Å²) in [5.74, 6) is -0.417. The minimum Gasteiger partial charge on any atom is -0.371 e. The molecule has 1 rings (SSSR count). The average Bonchev–Trinajstić information content (AvgIpc) is 2.87. The number of ketones is 1. The minimum absolute atomic E-state index is 0.00204. The number of aromatic nitrogens is 1. The molecule has 0 aromatic carbocycles. The Bertz CT molecular complexity index is 730. The van der Waals surface area contributed by atoms with E-state index in [1.807, 2.05) is 19.1 Å². The summed E-state index contributed by atoms with van der Waals surface area (Å²) < 4.78 is 28.9. The first-order valence-corrected chi connectivity index (χ1v) is 7.82. The number of rotatable bonds is 7. The molecule has 0 fully saturated rings. The Labute approximate surface area is 141 Å². The van der Waals surface area contributed by atoms with E-state index in [9.17, 15) is 13.6 Å². The van der Waals surface area contributed by atoms with E-state index in [0.717, 1.165) is 0 Å². The number of ether oxygens (including phenoxy) is 1. The van der Waals surface area contributed by atoms with E-state index in [0.29, 0.717) is 10.6 Å². The van der Waals surface area contributed by atoms with Crippen molar-refractivity contribution in [3.05, 3.63) is 34.0 Å². The molecule has 1 aromatic rings. The predicted octanol–water partition coefficient (Wildman–Crippen LogP) is 2.29. The molecular weight excluding hydrogens is 370 g/mol. The number of aromatic amines is 1. The molecule has 0 bridgehead atoms.